The lowest BCUT2D eigenvalue weighted by molar-refractivity contribution is 0.335. The normalized spacial score (nSPS) is 10.9. The fourth-order valence-electron chi connectivity index (χ4n) is 3.21. The van der Waals surface area contributed by atoms with Crippen molar-refractivity contribution >= 4 is 0 Å². The highest BCUT2D eigenvalue weighted by atomic mass is 16.5. The second-order valence-corrected chi connectivity index (χ2v) is 6.86. The molecule has 0 radical (unpaired) electrons. The highest BCUT2D eigenvalue weighted by Crippen LogP contribution is 2.25. The van der Waals surface area contributed by atoms with E-state index in [1.165, 1.54) is 77.0 Å². The molecule has 2 nitrogen and oxygen atoms in total. The van der Waals surface area contributed by atoms with Crippen LogP contribution >= 0.6 is 0 Å². The first-order valence-corrected chi connectivity index (χ1v) is 10.2. The van der Waals surface area contributed by atoms with E-state index in [4.69, 9.17) is 4.74 Å². The van der Waals surface area contributed by atoms with E-state index in [0.29, 0.717) is 12.4 Å². The molecule has 0 atom stereocenters. The van der Waals surface area contributed by atoms with Crippen LogP contribution in [0.2, 0.25) is 0 Å². The third kappa shape index (κ3) is 9.85. The van der Waals surface area contributed by atoms with E-state index in [9.17, 15) is 5.11 Å². The summed E-state index contributed by atoms with van der Waals surface area (Å²) in [4.78, 5) is 0. The van der Waals surface area contributed by atoms with Crippen LogP contribution in [0.15, 0.2) is 18.2 Å². The summed E-state index contributed by atoms with van der Waals surface area (Å²) in [5.74, 6) is 1.27. The maximum absolute atomic E-state index is 9.64. The molecule has 0 unspecified atom stereocenters. The predicted molar refractivity (Wildman–Crippen MR) is 104 cm³/mol. The number of aromatic hydroxyl groups is 1. The molecule has 138 valence electrons. The van der Waals surface area contributed by atoms with Crippen molar-refractivity contribution in [3.63, 3.8) is 0 Å². The van der Waals surface area contributed by atoms with Crippen LogP contribution in [0.3, 0.4) is 0 Å². The molecule has 0 aliphatic carbocycles. The Labute approximate surface area is 149 Å². The first-order valence-electron chi connectivity index (χ1n) is 10.2. The lowest BCUT2D eigenvalue weighted by Crippen LogP contribution is -1.97. The molecule has 0 amide bonds. The summed E-state index contributed by atoms with van der Waals surface area (Å²) >= 11 is 0. The number of benzene rings is 1. The molecule has 2 heteroatoms. The number of phenols is 1. The maximum atomic E-state index is 9.64. The smallest absolute Gasteiger partial charge is 0.122 e. The Morgan fingerprint density at radius 2 is 1.29 bits per heavy atom. The molecule has 1 aromatic carbocycles. The van der Waals surface area contributed by atoms with Crippen molar-refractivity contribution in [2.24, 2.45) is 0 Å². The molecule has 0 saturated carbocycles. The van der Waals surface area contributed by atoms with E-state index in [2.05, 4.69) is 6.92 Å². The Kier molecular flexibility index (Phi) is 12.3. The Morgan fingerprint density at radius 3 is 1.83 bits per heavy atom. The van der Waals surface area contributed by atoms with Gasteiger partial charge in [-0.2, -0.15) is 0 Å². The zero-order chi connectivity index (χ0) is 17.5. The van der Waals surface area contributed by atoms with Gasteiger partial charge in [-0.15, -0.1) is 0 Å². The Hall–Kier alpha value is -1.18. The summed E-state index contributed by atoms with van der Waals surface area (Å²) in [6.45, 7) is 4.95. The SMILES string of the molecule is CCCCCCCCCCCCCCc1cc(O)ccc1OCC. The van der Waals surface area contributed by atoms with Crippen LogP contribution in [0.5, 0.6) is 11.5 Å². The van der Waals surface area contributed by atoms with Gasteiger partial charge in [0.2, 0.25) is 0 Å². The van der Waals surface area contributed by atoms with Crippen LogP contribution in [0.25, 0.3) is 0 Å². The van der Waals surface area contributed by atoms with Crippen molar-refractivity contribution in [1.82, 2.24) is 0 Å². The topological polar surface area (TPSA) is 29.5 Å². The first-order chi connectivity index (χ1) is 11.8. The Balaban J connectivity index is 2.01. The standard InChI is InChI=1S/C22H38O2/c1-3-5-6-7-8-9-10-11-12-13-14-15-16-20-19-21(23)17-18-22(20)24-4-2/h17-19,23H,3-16H2,1-2H3. The number of rotatable bonds is 15. The summed E-state index contributed by atoms with van der Waals surface area (Å²) in [5.41, 5.74) is 1.14. The van der Waals surface area contributed by atoms with E-state index >= 15 is 0 Å². The second-order valence-electron chi connectivity index (χ2n) is 6.86. The van der Waals surface area contributed by atoms with Crippen LogP contribution < -0.4 is 4.74 Å². The number of unbranched alkanes of at least 4 members (excludes halogenated alkanes) is 11. The van der Waals surface area contributed by atoms with Gasteiger partial charge in [-0.1, -0.05) is 77.6 Å². The summed E-state index contributed by atoms with van der Waals surface area (Å²) in [6, 6.07) is 5.44. The number of ether oxygens (including phenoxy) is 1. The molecule has 1 N–H and O–H groups in total. The molecule has 1 aromatic rings. The van der Waals surface area contributed by atoms with Crippen molar-refractivity contribution in [1.29, 1.82) is 0 Å². The molecule has 0 spiro atoms. The summed E-state index contributed by atoms with van der Waals surface area (Å²) < 4.78 is 5.64. The first kappa shape index (κ1) is 20.9. The van der Waals surface area contributed by atoms with Crippen molar-refractivity contribution < 1.29 is 9.84 Å². The van der Waals surface area contributed by atoms with Gasteiger partial charge in [0.15, 0.2) is 0 Å². The van der Waals surface area contributed by atoms with Gasteiger partial charge in [0.05, 0.1) is 6.61 Å². The fraction of sp³-hybridized carbons (Fsp3) is 0.727. The number of hydrogen-bond acceptors (Lipinski definition) is 2. The van der Waals surface area contributed by atoms with E-state index in [0.717, 1.165) is 17.7 Å². The number of hydrogen-bond donors (Lipinski definition) is 1. The van der Waals surface area contributed by atoms with Crippen LogP contribution in [0.4, 0.5) is 0 Å². The third-order valence-corrected chi connectivity index (χ3v) is 4.64. The molecule has 0 heterocycles. The quantitative estimate of drug-likeness (QED) is 0.349. The van der Waals surface area contributed by atoms with E-state index in [-0.39, 0.29) is 0 Å². The van der Waals surface area contributed by atoms with Gasteiger partial charge in [-0.25, -0.2) is 0 Å². The van der Waals surface area contributed by atoms with Crippen LogP contribution in [-0.4, -0.2) is 11.7 Å². The second kappa shape index (κ2) is 14.2. The summed E-state index contributed by atoms with van der Waals surface area (Å²) in [7, 11) is 0. The molecule has 0 aromatic heterocycles. The highest BCUT2D eigenvalue weighted by molar-refractivity contribution is 5.39. The lowest BCUT2D eigenvalue weighted by atomic mass is 10.0. The van der Waals surface area contributed by atoms with Gasteiger partial charge in [0.25, 0.3) is 0 Å². The van der Waals surface area contributed by atoms with Crippen molar-refractivity contribution in [2.45, 2.75) is 97.3 Å². The van der Waals surface area contributed by atoms with Gasteiger partial charge >= 0.3 is 0 Å². The zero-order valence-electron chi connectivity index (χ0n) is 16.0. The highest BCUT2D eigenvalue weighted by Gasteiger charge is 2.04. The lowest BCUT2D eigenvalue weighted by Gasteiger charge is -2.10. The van der Waals surface area contributed by atoms with Gasteiger partial charge in [-0.05, 0) is 43.5 Å². The average molecular weight is 335 g/mol. The molecule has 0 fully saturated rings. The van der Waals surface area contributed by atoms with Crippen LogP contribution in [-0.2, 0) is 6.42 Å². The van der Waals surface area contributed by atoms with Crippen LogP contribution in [0, 0.1) is 0 Å². The molecular weight excluding hydrogens is 296 g/mol. The number of phenolic OH excluding ortho intramolecular Hbond substituents is 1. The van der Waals surface area contributed by atoms with E-state index in [1.807, 2.05) is 19.1 Å². The minimum absolute atomic E-state index is 0.340. The minimum Gasteiger partial charge on any atom is -0.508 e. The number of aryl methyl sites for hydroxylation is 1. The van der Waals surface area contributed by atoms with Gasteiger partial charge in [-0.3, -0.25) is 0 Å². The third-order valence-electron chi connectivity index (χ3n) is 4.64. The van der Waals surface area contributed by atoms with Gasteiger partial charge < -0.3 is 9.84 Å². The molecule has 0 aliphatic heterocycles. The van der Waals surface area contributed by atoms with Crippen molar-refractivity contribution in [3.05, 3.63) is 23.8 Å². The van der Waals surface area contributed by atoms with Crippen molar-refractivity contribution in [3.8, 4) is 11.5 Å². The molecule has 24 heavy (non-hydrogen) atoms. The predicted octanol–water partition coefficient (Wildman–Crippen LogP) is 7.03. The summed E-state index contributed by atoms with van der Waals surface area (Å²) in [6.07, 6.45) is 17.4. The largest absolute Gasteiger partial charge is 0.508 e. The van der Waals surface area contributed by atoms with E-state index in [1.54, 1.807) is 6.07 Å². The monoisotopic (exact) mass is 334 g/mol. The van der Waals surface area contributed by atoms with Crippen molar-refractivity contribution in [2.75, 3.05) is 6.61 Å². The average Bonchev–Trinajstić information content (AvgIpc) is 2.58. The fourth-order valence-corrected chi connectivity index (χ4v) is 3.21. The molecule has 0 aliphatic rings. The summed E-state index contributed by atoms with van der Waals surface area (Å²) in [5, 5.41) is 9.64. The van der Waals surface area contributed by atoms with Gasteiger partial charge in [0.1, 0.15) is 11.5 Å². The molecule has 0 bridgehead atoms. The molecule has 1 rings (SSSR count). The zero-order valence-corrected chi connectivity index (χ0v) is 16.0. The van der Waals surface area contributed by atoms with Gasteiger partial charge in [0, 0.05) is 0 Å². The Bertz CT molecular complexity index is 414. The van der Waals surface area contributed by atoms with Crippen LogP contribution in [0.1, 0.15) is 96.5 Å². The molecule has 0 saturated heterocycles. The Morgan fingerprint density at radius 1 is 0.750 bits per heavy atom. The maximum Gasteiger partial charge on any atom is 0.122 e. The minimum atomic E-state index is 0.340. The molecular formula is C22H38O2. The van der Waals surface area contributed by atoms with E-state index < -0.39 is 0 Å².